The molecule has 0 spiro atoms. The average molecular weight is 389 g/mol. The van der Waals surface area contributed by atoms with Gasteiger partial charge in [-0.2, -0.15) is 0 Å². The van der Waals surface area contributed by atoms with Gasteiger partial charge in [-0.3, -0.25) is 9.59 Å². The van der Waals surface area contributed by atoms with Crippen LogP contribution in [0.2, 0.25) is 0 Å². The van der Waals surface area contributed by atoms with Crippen LogP contribution >= 0.6 is 0 Å². The van der Waals surface area contributed by atoms with E-state index in [1.807, 2.05) is 52.8 Å². The normalized spacial score (nSPS) is 15.2. The van der Waals surface area contributed by atoms with Crippen molar-refractivity contribution in [3.63, 3.8) is 0 Å². The quantitative estimate of drug-likeness (QED) is 0.779. The van der Waals surface area contributed by atoms with Gasteiger partial charge in [0.1, 0.15) is 5.60 Å². The molecule has 1 saturated heterocycles. The third-order valence-electron chi connectivity index (χ3n) is 4.92. The minimum Gasteiger partial charge on any atom is -0.444 e. The standard InChI is InChI=1S/C22H32N2O4/c1-15-6-7-17(14-16(15)2)19(25)8-9-20(26)23-18-10-12-24(13-11-18)21(27)28-22(3,4)5/h6-7,14,18H,8-13H2,1-5H3,(H,23,26). The molecule has 1 aromatic rings. The molecule has 0 bridgehead atoms. The fraction of sp³-hybridized carbons (Fsp3) is 0.591. The van der Waals surface area contributed by atoms with E-state index in [0.29, 0.717) is 31.5 Å². The van der Waals surface area contributed by atoms with Crippen LogP contribution in [0.1, 0.15) is 67.9 Å². The first-order valence-electron chi connectivity index (χ1n) is 9.93. The topological polar surface area (TPSA) is 75.7 Å². The molecular formula is C22H32N2O4. The first-order chi connectivity index (χ1) is 13.0. The van der Waals surface area contributed by atoms with Gasteiger partial charge in [-0.05, 0) is 64.7 Å². The number of Topliss-reactive ketones (excluding diaryl/α,β-unsaturated/α-hetero) is 1. The Morgan fingerprint density at radius 1 is 1.07 bits per heavy atom. The van der Waals surface area contributed by atoms with E-state index in [1.165, 1.54) is 0 Å². The fourth-order valence-corrected chi connectivity index (χ4v) is 3.12. The molecule has 0 saturated carbocycles. The summed E-state index contributed by atoms with van der Waals surface area (Å²) >= 11 is 0. The zero-order chi connectivity index (χ0) is 20.9. The highest BCUT2D eigenvalue weighted by Crippen LogP contribution is 2.16. The molecule has 28 heavy (non-hydrogen) atoms. The van der Waals surface area contributed by atoms with Crippen LogP contribution in [0, 0.1) is 13.8 Å². The Balaban J connectivity index is 1.73. The molecule has 0 aromatic heterocycles. The third kappa shape index (κ3) is 6.66. The van der Waals surface area contributed by atoms with Crippen molar-refractivity contribution in [1.82, 2.24) is 10.2 Å². The molecule has 1 N–H and O–H groups in total. The molecule has 154 valence electrons. The Morgan fingerprint density at radius 2 is 1.71 bits per heavy atom. The molecule has 0 atom stereocenters. The number of carbonyl (C=O) groups is 3. The summed E-state index contributed by atoms with van der Waals surface area (Å²) in [5, 5.41) is 2.98. The number of amides is 2. The Morgan fingerprint density at radius 3 is 2.29 bits per heavy atom. The average Bonchev–Trinajstić information content (AvgIpc) is 2.61. The number of aryl methyl sites for hydroxylation is 2. The maximum absolute atomic E-state index is 12.3. The van der Waals surface area contributed by atoms with Crippen molar-refractivity contribution in [2.45, 2.75) is 71.9 Å². The van der Waals surface area contributed by atoms with E-state index in [2.05, 4.69) is 5.32 Å². The van der Waals surface area contributed by atoms with Gasteiger partial charge in [-0.15, -0.1) is 0 Å². The molecule has 2 rings (SSSR count). The predicted molar refractivity (Wildman–Crippen MR) is 108 cm³/mol. The van der Waals surface area contributed by atoms with Crippen LogP contribution in [0.15, 0.2) is 18.2 Å². The Kier molecular flexibility index (Phi) is 7.22. The summed E-state index contributed by atoms with van der Waals surface area (Å²) in [6.07, 6.45) is 1.45. The highest BCUT2D eigenvalue weighted by molar-refractivity contribution is 5.98. The van der Waals surface area contributed by atoms with Crippen molar-refractivity contribution in [1.29, 1.82) is 0 Å². The van der Waals surface area contributed by atoms with Gasteiger partial charge in [0.05, 0.1) is 0 Å². The molecule has 1 fully saturated rings. The van der Waals surface area contributed by atoms with E-state index in [9.17, 15) is 14.4 Å². The smallest absolute Gasteiger partial charge is 0.410 e. The van der Waals surface area contributed by atoms with Crippen molar-refractivity contribution >= 4 is 17.8 Å². The van der Waals surface area contributed by atoms with Gasteiger partial charge >= 0.3 is 6.09 Å². The molecule has 0 aliphatic carbocycles. The highest BCUT2D eigenvalue weighted by atomic mass is 16.6. The SMILES string of the molecule is Cc1ccc(C(=O)CCC(=O)NC2CCN(C(=O)OC(C)(C)C)CC2)cc1C. The molecule has 1 aliphatic heterocycles. The van der Waals surface area contributed by atoms with E-state index in [0.717, 1.165) is 11.1 Å². The fourth-order valence-electron chi connectivity index (χ4n) is 3.12. The number of hydrogen-bond donors (Lipinski definition) is 1. The monoisotopic (exact) mass is 388 g/mol. The summed E-state index contributed by atoms with van der Waals surface area (Å²) in [5.74, 6) is -0.133. The second-order valence-corrected chi connectivity index (χ2v) is 8.53. The first-order valence-corrected chi connectivity index (χ1v) is 9.93. The number of hydrogen-bond acceptors (Lipinski definition) is 4. The maximum atomic E-state index is 12.3. The van der Waals surface area contributed by atoms with Crippen LogP contribution in [0.5, 0.6) is 0 Å². The number of nitrogens with zero attached hydrogens (tertiary/aromatic N) is 1. The minimum atomic E-state index is -0.509. The van der Waals surface area contributed by atoms with Crippen molar-refractivity contribution in [2.75, 3.05) is 13.1 Å². The van der Waals surface area contributed by atoms with Gasteiger partial charge in [-0.1, -0.05) is 12.1 Å². The van der Waals surface area contributed by atoms with E-state index in [1.54, 1.807) is 4.90 Å². The van der Waals surface area contributed by atoms with Gasteiger partial charge < -0.3 is 15.0 Å². The molecule has 0 radical (unpaired) electrons. The van der Waals surface area contributed by atoms with E-state index in [4.69, 9.17) is 4.74 Å². The lowest BCUT2D eigenvalue weighted by molar-refractivity contribution is -0.122. The van der Waals surface area contributed by atoms with Gasteiger partial charge in [-0.25, -0.2) is 4.79 Å². The van der Waals surface area contributed by atoms with Gasteiger partial charge in [0.15, 0.2) is 5.78 Å². The highest BCUT2D eigenvalue weighted by Gasteiger charge is 2.27. The lowest BCUT2D eigenvalue weighted by Crippen LogP contribution is -2.47. The van der Waals surface area contributed by atoms with Crippen molar-refractivity contribution in [3.8, 4) is 0 Å². The van der Waals surface area contributed by atoms with Crippen molar-refractivity contribution < 1.29 is 19.1 Å². The molecule has 6 heteroatoms. The van der Waals surface area contributed by atoms with Gasteiger partial charge in [0.2, 0.25) is 5.91 Å². The zero-order valence-electron chi connectivity index (χ0n) is 17.6. The molecule has 1 heterocycles. The summed E-state index contributed by atoms with van der Waals surface area (Å²) in [7, 11) is 0. The van der Waals surface area contributed by atoms with Crippen LogP contribution < -0.4 is 5.32 Å². The molecule has 0 unspecified atom stereocenters. The number of rotatable bonds is 5. The molecule has 6 nitrogen and oxygen atoms in total. The summed E-state index contributed by atoms with van der Waals surface area (Å²) in [5.41, 5.74) is 2.37. The summed E-state index contributed by atoms with van der Waals surface area (Å²) in [4.78, 5) is 38.3. The maximum Gasteiger partial charge on any atom is 0.410 e. The lowest BCUT2D eigenvalue weighted by Gasteiger charge is -2.33. The van der Waals surface area contributed by atoms with Crippen molar-refractivity contribution in [2.24, 2.45) is 0 Å². The number of likely N-dealkylation sites (tertiary alicyclic amines) is 1. The Labute approximate surface area is 167 Å². The third-order valence-corrected chi connectivity index (χ3v) is 4.92. The predicted octanol–water partition coefficient (Wildman–Crippen LogP) is 3.78. The number of nitrogens with one attached hydrogen (secondary N) is 1. The molecule has 1 aliphatic rings. The minimum absolute atomic E-state index is 0.0157. The number of carbonyl (C=O) groups excluding carboxylic acids is 3. The number of ketones is 1. The van der Waals surface area contributed by atoms with E-state index < -0.39 is 5.60 Å². The van der Waals surface area contributed by atoms with Crippen molar-refractivity contribution in [3.05, 3.63) is 34.9 Å². The van der Waals surface area contributed by atoms with Crippen LogP contribution in [-0.2, 0) is 9.53 Å². The van der Waals surface area contributed by atoms with E-state index in [-0.39, 0.29) is 36.7 Å². The van der Waals surface area contributed by atoms with E-state index >= 15 is 0 Å². The number of piperidine rings is 1. The zero-order valence-corrected chi connectivity index (χ0v) is 17.6. The summed E-state index contributed by atoms with van der Waals surface area (Å²) in [6, 6.07) is 5.65. The summed E-state index contributed by atoms with van der Waals surface area (Å²) < 4.78 is 5.38. The van der Waals surface area contributed by atoms with Crippen LogP contribution in [-0.4, -0.2) is 47.4 Å². The number of benzene rings is 1. The first kappa shape index (κ1) is 21.9. The largest absolute Gasteiger partial charge is 0.444 e. The molecular weight excluding hydrogens is 356 g/mol. The molecule has 2 amide bonds. The Bertz CT molecular complexity index is 729. The second-order valence-electron chi connectivity index (χ2n) is 8.53. The second kappa shape index (κ2) is 9.22. The van der Waals surface area contributed by atoms with Gasteiger partial charge in [0, 0.05) is 37.5 Å². The summed E-state index contributed by atoms with van der Waals surface area (Å²) in [6.45, 7) is 10.6. The lowest BCUT2D eigenvalue weighted by atomic mass is 10.0. The van der Waals surface area contributed by atoms with Crippen LogP contribution in [0.4, 0.5) is 4.79 Å². The Hall–Kier alpha value is -2.37. The van der Waals surface area contributed by atoms with Crippen LogP contribution in [0.25, 0.3) is 0 Å². The van der Waals surface area contributed by atoms with Gasteiger partial charge in [0.25, 0.3) is 0 Å². The van der Waals surface area contributed by atoms with Crippen LogP contribution in [0.3, 0.4) is 0 Å². The molecule has 1 aromatic carbocycles. The number of ether oxygens (including phenoxy) is 1.